The highest BCUT2D eigenvalue weighted by molar-refractivity contribution is 14.1. The summed E-state index contributed by atoms with van der Waals surface area (Å²) < 4.78 is 5.90. The molecule has 4 nitrogen and oxygen atoms in total. The van der Waals surface area contributed by atoms with Crippen LogP contribution in [0.15, 0.2) is 35.5 Å². The zero-order chi connectivity index (χ0) is 11.5. The first-order chi connectivity index (χ1) is 7.74. The molecular formula is C11H13IN2O2. The summed E-state index contributed by atoms with van der Waals surface area (Å²) in [6, 6.07) is 10.0. The minimum absolute atomic E-state index is 0.0178. The molecule has 0 aliphatic carbocycles. The maximum absolute atomic E-state index is 8.67. The summed E-state index contributed by atoms with van der Waals surface area (Å²) >= 11 is 2.30. The van der Waals surface area contributed by atoms with Gasteiger partial charge in [-0.3, -0.25) is 0 Å². The van der Waals surface area contributed by atoms with Crippen molar-refractivity contribution in [2.24, 2.45) is 16.8 Å². The second-order valence-electron chi connectivity index (χ2n) is 3.74. The normalized spacial score (nSPS) is 30.6. The van der Waals surface area contributed by atoms with Gasteiger partial charge in [-0.05, 0) is 5.56 Å². The Morgan fingerprint density at radius 1 is 1.44 bits per heavy atom. The van der Waals surface area contributed by atoms with Crippen LogP contribution < -0.4 is 5.73 Å². The molecule has 1 aromatic carbocycles. The second kappa shape index (κ2) is 5.01. The zero-order valence-corrected chi connectivity index (χ0v) is 10.7. The Kier molecular flexibility index (Phi) is 3.65. The van der Waals surface area contributed by atoms with Crippen molar-refractivity contribution in [1.29, 1.82) is 0 Å². The molecule has 16 heavy (non-hydrogen) atoms. The smallest absolute Gasteiger partial charge is 0.145 e. The molecular weight excluding hydrogens is 319 g/mol. The van der Waals surface area contributed by atoms with Gasteiger partial charge in [-0.2, -0.15) is 0 Å². The van der Waals surface area contributed by atoms with E-state index < -0.39 is 0 Å². The number of benzene rings is 1. The van der Waals surface area contributed by atoms with Gasteiger partial charge in [-0.15, -0.1) is 0 Å². The summed E-state index contributed by atoms with van der Waals surface area (Å²) in [5.41, 5.74) is 6.76. The lowest BCUT2D eigenvalue weighted by Gasteiger charge is -2.16. The molecule has 0 bridgehead atoms. The van der Waals surface area contributed by atoms with E-state index >= 15 is 0 Å². The Bertz CT molecular complexity index is 383. The van der Waals surface area contributed by atoms with Crippen LogP contribution in [-0.4, -0.2) is 21.6 Å². The molecule has 0 saturated carbocycles. The molecule has 86 valence electrons. The predicted molar refractivity (Wildman–Crippen MR) is 69.8 cm³/mol. The molecule has 3 N–H and O–H groups in total. The van der Waals surface area contributed by atoms with Gasteiger partial charge in [0.15, 0.2) is 0 Å². The van der Waals surface area contributed by atoms with E-state index in [1.807, 2.05) is 30.3 Å². The van der Waals surface area contributed by atoms with E-state index in [9.17, 15) is 0 Å². The minimum atomic E-state index is -0.0178. The van der Waals surface area contributed by atoms with E-state index in [0.717, 1.165) is 5.56 Å². The Balaban J connectivity index is 2.17. The van der Waals surface area contributed by atoms with Crippen LogP contribution in [0.4, 0.5) is 0 Å². The van der Waals surface area contributed by atoms with Crippen LogP contribution >= 0.6 is 22.6 Å². The van der Waals surface area contributed by atoms with Gasteiger partial charge in [-0.1, -0.05) is 58.1 Å². The zero-order valence-electron chi connectivity index (χ0n) is 8.58. The molecule has 1 saturated heterocycles. The Hall–Kier alpha value is -0.820. The van der Waals surface area contributed by atoms with Crippen LogP contribution in [0.25, 0.3) is 0 Å². The number of amidine groups is 1. The summed E-state index contributed by atoms with van der Waals surface area (Å²) in [5, 5.41) is 11.7. The van der Waals surface area contributed by atoms with Crippen molar-refractivity contribution in [3.05, 3.63) is 35.9 Å². The van der Waals surface area contributed by atoms with E-state index in [0.29, 0.717) is 6.61 Å². The van der Waals surface area contributed by atoms with Crippen molar-refractivity contribution >= 4 is 28.4 Å². The summed E-state index contributed by atoms with van der Waals surface area (Å²) in [7, 11) is 0. The first-order valence-corrected chi connectivity index (χ1v) is 6.26. The largest absolute Gasteiger partial charge is 0.409 e. The van der Waals surface area contributed by atoms with Gasteiger partial charge in [0.1, 0.15) is 5.84 Å². The summed E-state index contributed by atoms with van der Waals surface area (Å²) in [6.45, 7) is 0.503. The molecule has 0 aromatic heterocycles. The number of hydrogen-bond acceptors (Lipinski definition) is 3. The maximum atomic E-state index is 8.67. The SMILES string of the molecule is N/C(=N\O)C1COC(c2ccccc2)C1I. The van der Waals surface area contributed by atoms with Gasteiger partial charge in [-0.25, -0.2) is 0 Å². The number of nitrogens with zero attached hydrogens (tertiary/aromatic N) is 1. The molecule has 3 unspecified atom stereocenters. The lowest BCUT2D eigenvalue weighted by atomic mass is 10.00. The van der Waals surface area contributed by atoms with Gasteiger partial charge < -0.3 is 15.7 Å². The molecule has 3 atom stereocenters. The van der Waals surface area contributed by atoms with Crippen LogP contribution in [0.2, 0.25) is 0 Å². The first-order valence-electron chi connectivity index (χ1n) is 5.02. The number of rotatable bonds is 2. The number of halogens is 1. The van der Waals surface area contributed by atoms with Gasteiger partial charge >= 0.3 is 0 Å². The van der Waals surface area contributed by atoms with E-state index in [4.69, 9.17) is 15.7 Å². The average Bonchev–Trinajstić information content (AvgIpc) is 2.71. The van der Waals surface area contributed by atoms with Crippen molar-refractivity contribution < 1.29 is 9.94 Å². The predicted octanol–water partition coefficient (Wildman–Crippen LogP) is 1.92. The lowest BCUT2D eigenvalue weighted by Crippen LogP contribution is -2.30. The van der Waals surface area contributed by atoms with Gasteiger partial charge in [0.2, 0.25) is 0 Å². The number of nitrogens with two attached hydrogens (primary N) is 1. The summed E-state index contributed by atoms with van der Waals surface area (Å²) in [4.78, 5) is 0. The Morgan fingerprint density at radius 3 is 2.75 bits per heavy atom. The molecule has 1 heterocycles. The third kappa shape index (κ3) is 2.15. The quantitative estimate of drug-likeness (QED) is 0.217. The number of hydrogen-bond donors (Lipinski definition) is 2. The van der Waals surface area contributed by atoms with Crippen molar-refractivity contribution in [3.8, 4) is 0 Å². The van der Waals surface area contributed by atoms with Crippen molar-refractivity contribution in [1.82, 2.24) is 0 Å². The molecule has 1 fully saturated rings. The van der Waals surface area contributed by atoms with Crippen molar-refractivity contribution in [2.45, 2.75) is 10.0 Å². The fraction of sp³-hybridized carbons (Fsp3) is 0.364. The lowest BCUT2D eigenvalue weighted by molar-refractivity contribution is 0.113. The van der Waals surface area contributed by atoms with E-state index in [2.05, 4.69) is 27.7 Å². The highest BCUT2D eigenvalue weighted by Gasteiger charge is 2.38. The van der Waals surface area contributed by atoms with Crippen LogP contribution in [0.3, 0.4) is 0 Å². The average molecular weight is 332 g/mol. The van der Waals surface area contributed by atoms with Crippen molar-refractivity contribution in [3.63, 3.8) is 0 Å². The summed E-state index contributed by atoms with van der Waals surface area (Å²) in [6.07, 6.45) is 0.0205. The van der Waals surface area contributed by atoms with Gasteiger partial charge in [0, 0.05) is 0 Å². The standard InChI is InChI=1S/C11H13IN2O2/c12-9-8(11(13)14-15)6-16-10(9)7-4-2-1-3-5-7/h1-5,8-10,15H,6H2,(H2,13,14). The molecule has 1 aliphatic rings. The fourth-order valence-corrected chi connectivity index (χ4v) is 3.05. The molecule has 1 aliphatic heterocycles. The monoisotopic (exact) mass is 332 g/mol. The number of ether oxygens (including phenoxy) is 1. The molecule has 1 aromatic rings. The van der Waals surface area contributed by atoms with Gasteiger partial charge in [0.25, 0.3) is 0 Å². The van der Waals surface area contributed by atoms with E-state index in [-0.39, 0.29) is 21.8 Å². The van der Waals surface area contributed by atoms with E-state index in [1.54, 1.807) is 0 Å². The minimum Gasteiger partial charge on any atom is -0.409 e. The second-order valence-corrected chi connectivity index (χ2v) is 5.18. The van der Waals surface area contributed by atoms with Crippen LogP contribution in [0.1, 0.15) is 11.7 Å². The fourth-order valence-electron chi connectivity index (χ4n) is 1.85. The number of alkyl halides is 1. The molecule has 0 spiro atoms. The first kappa shape index (κ1) is 11.7. The Morgan fingerprint density at radius 2 is 2.12 bits per heavy atom. The molecule has 0 radical (unpaired) electrons. The van der Waals surface area contributed by atoms with Crippen LogP contribution in [-0.2, 0) is 4.74 Å². The third-order valence-corrected chi connectivity index (χ3v) is 4.27. The van der Waals surface area contributed by atoms with E-state index in [1.165, 1.54) is 0 Å². The topological polar surface area (TPSA) is 67.8 Å². The maximum Gasteiger partial charge on any atom is 0.145 e. The molecule has 5 heteroatoms. The van der Waals surface area contributed by atoms with Gasteiger partial charge in [0.05, 0.1) is 22.6 Å². The molecule has 0 amide bonds. The summed E-state index contributed by atoms with van der Waals surface area (Å²) in [5.74, 6) is 0.230. The van der Waals surface area contributed by atoms with Crippen LogP contribution in [0.5, 0.6) is 0 Å². The third-order valence-electron chi connectivity index (χ3n) is 2.75. The van der Waals surface area contributed by atoms with Crippen molar-refractivity contribution in [2.75, 3.05) is 6.61 Å². The highest BCUT2D eigenvalue weighted by Crippen LogP contribution is 2.38. The van der Waals surface area contributed by atoms with Crippen LogP contribution in [0, 0.1) is 5.92 Å². The highest BCUT2D eigenvalue weighted by atomic mass is 127. The number of oxime groups is 1. The molecule has 2 rings (SSSR count). The Labute approximate surface area is 108 Å².